The van der Waals surface area contributed by atoms with Gasteiger partial charge in [0.15, 0.2) is 18.1 Å². The van der Waals surface area contributed by atoms with Gasteiger partial charge in [-0.05, 0) is 60.2 Å². The number of rotatable bonds is 5. The molecule has 6 nitrogen and oxygen atoms in total. The Bertz CT molecular complexity index is 1220. The Morgan fingerprint density at radius 3 is 2.71 bits per heavy atom. The Morgan fingerprint density at radius 2 is 1.94 bits per heavy atom. The maximum Gasteiger partial charge on any atom is 0.340 e. The number of aromatic nitrogens is 1. The number of carbonyl (C=O) groups excluding carboxylic acids is 1. The lowest BCUT2D eigenvalue weighted by molar-refractivity contribution is 0.0556. The lowest BCUT2D eigenvalue weighted by Crippen LogP contribution is -2.15. The molecule has 0 radical (unpaired) electrons. The van der Waals surface area contributed by atoms with Gasteiger partial charge < -0.3 is 14.2 Å². The molecule has 2 aromatic carbocycles. The highest BCUT2D eigenvalue weighted by molar-refractivity contribution is 6.06. The molecule has 6 heteroatoms. The molecule has 0 aliphatic heterocycles. The van der Waals surface area contributed by atoms with Crippen LogP contribution in [0.2, 0.25) is 0 Å². The van der Waals surface area contributed by atoms with Crippen LogP contribution < -0.4 is 9.47 Å². The third-order valence-electron chi connectivity index (χ3n) is 5.39. The van der Waals surface area contributed by atoms with Crippen molar-refractivity contribution in [2.45, 2.75) is 19.3 Å². The average molecular weight is 414 g/mol. The SMILES string of the molecule is COc1ccc(/C=C2\CCCc3c2nc2ccccc2c3C(=O)OCC#N)cc1OC. The summed E-state index contributed by atoms with van der Waals surface area (Å²) >= 11 is 0. The van der Waals surface area contributed by atoms with Gasteiger partial charge in [0.25, 0.3) is 0 Å². The number of pyridine rings is 1. The van der Waals surface area contributed by atoms with Crippen molar-refractivity contribution in [2.75, 3.05) is 20.8 Å². The maximum atomic E-state index is 12.9. The minimum absolute atomic E-state index is 0.279. The van der Waals surface area contributed by atoms with E-state index in [0.29, 0.717) is 17.1 Å². The van der Waals surface area contributed by atoms with Gasteiger partial charge in [0.1, 0.15) is 6.07 Å². The van der Waals surface area contributed by atoms with Gasteiger partial charge in [0, 0.05) is 5.39 Å². The van der Waals surface area contributed by atoms with Gasteiger partial charge in [-0.2, -0.15) is 5.26 Å². The zero-order chi connectivity index (χ0) is 21.8. The van der Waals surface area contributed by atoms with Gasteiger partial charge in [-0.3, -0.25) is 0 Å². The Labute approximate surface area is 180 Å². The normalized spacial score (nSPS) is 14.0. The van der Waals surface area contributed by atoms with Crippen LogP contribution in [-0.4, -0.2) is 31.8 Å². The number of ether oxygens (including phenoxy) is 3. The van der Waals surface area contributed by atoms with Crippen LogP contribution in [-0.2, 0) is 11.2 Å². The summed E-state index contributed by atoms with van der Waals surface area (Å²) in [7, 11) is 3.22. The molecule has 0 N–H and O–H groups in total. The van der Waals surface area contributed by atoms with Crippen molar-refractivity contribution in [3.63, 3.8) is 0 Å². The first-order chi connectivity index (χ1) is 15.2. The second-order valence-corrected chi connectivity index (χ2v) is 7.20. The van der Waals surface area contributed by atoms with Crippen molar-refractivity contribution in [1.29, 1.82) is 5.26 Å². The quantitative estimate of drug-likeness (QED) is 0.557. The summed E-state index contributed by atoms with van der Waals surface area (Å²) < 4.78 is 15.9. The molecule has 4 rings (SSSR count). The van der Waals surface area contributed by atoms with E-state index in [1.165, 1.54) is 0 Å². The van der Waals surface area contributed by atoms with Gasteiger partial charge in [-0.25, -0.2) is 9.78 Å². The second-order valence-electron chi connectivity index (χ2n) is 7.20. The van der Waals surface area contributed by atoms with E-state index < -0.39 is 5.97 Å². The first-order valence-electron chi connectivity index (χ1n) is 10.0. The number of nitrogens with zero attached hydrogens (tertiary/aromatic N) is 2. The third kappa shape index (κ3) is 3.95. The van der Waals surface area contributed by atoms with Crippen molar-refractivity contribution in [2.24, 2.45) is 0 Å². The van der Waals surface area contributed by atoms with Crippen LogP contribution in [0.3, 0.4) is 0 Å². The van der Waals surface area contributed by atoms with Gasteiger partial charge in [-0.1, -0.05) is 24.3 Å². The van der Waals surface area contributed by atoms with E-state index in [1.807, 2.05) is 48.5 Å². The topological polar surface area (TPSA) is 81.4 Å². The van der Waals surface area contributed by atoms with Crippen LogP contribution in [0.25, 0.3) is 22.6 Å². The Kier molecular flexibility index (Phi) is 5.85. The molecule has 0 atom stereocenters. The maximum absolute atomic E-state index is 12.9. The molecule has 156 valence electrons. The summed E-state index contributed by atoms with van der Waals surface area (Å²) in [5, 5.41) is 9.58. The molecule has 0 saturated carbocycles. The molecule has 3 aromatic rings. The summed E-state index contributed by atoms with van der Waals surface area (Å²) in [6, 6.07) is 15.2. The molecular weight excluding hydrogens is 392 g/mol. The van der Waals surface area contributed by atoms with Crippen LogP contribution in [0.1, 0.15) is 40.0 Å². The van der Waals surface area contributed by atoms with E-state index in [2.05, 4.69) is 6.08 Å². The summed E-state index contributed by atoms with van der Waals surface area (Å²) in [5.41, 5.74) is 4.93. The average Bonchev–Trinajstić information content (AvgIpc) is 2.81. The number of para-hydroxylation sites is 1. The predicted octanol–water partition coefficient (Wildman–Crippen LogP) is 4.81. The fourth-order valence-electron chi connectivity index (χ4n) is 4.02. The minimum Gasteiger partial charge on any atom is -0.493 e. The molecule has 0 fully saturated rings. The predicted molar refractivity (Wildman–Crippen MR) is 118 cm³/mol. The summed E-state index contributed by atoms with van der Waals surface area (Å²) in [6.45, 7) is -0.279. The van der Waals surface area contributed by atoms with Gasteiger partial charge in [0.2, 0.25) is 0 Å². The number of hydrogen-bond donors (Lipinski definition) is 0. The highest BCUT2D eigenvalue weighted by Gasteiger charge is 2.26. The smallest absolute Gasteiger partial charge is 0.340 e. The lowest BCUT2D eigenvalue weighted by Gasteiger charge is -2.22. The largest absolute Gasteiger partial charge is 0.493 e. The zero-order valence-corrected chi connectivity index (χ0v) is 17.5. The van der Waals surface area contributed by atoms with E-state index in [-0.39, 0.29) is 6.61 Å². The summed E-state index contributed by atoms with van der Waals surface area (Å²) in [6.07, 6.45) is 4.55. The Morgan fingerprint density at radius 1 is 1.13 bits per heavy atom. The molecule has 1 heterocycles. The van der Waals surface area contributed by atoms with Crippen molar-refractivity contribution in [3.05, 3.63) is 64.8 Å². The van der Waals surface area contributed by atoms with Crippen molar-refractivity contribution >= 4 is 28.5 Å². The van der Waals surface area contributed by atoms with E-state index >= 15 is 0 Å². The van der Waals surface area contributed by atoms with Crippen molar-refractivity contribution < 1.29 is 19.0 Å². The molecule has 0 spiro atoms. The van der Waals surface area contributed by atoms with Crippen LogP contribution in [0.15, 0.2) is 42.5 Å². The van der Waals surface area contributed by atoms with Crippen LogP contribution in [0.5, 0.6) is 11.5 Å². The first-order valence-corrected chi connectivity index (χ1v) is 10.0. The van der Waals surface area contributed by atoms with E-state index in [4.69, 9.17) is 24.5 Å². The Balaban J connectivity index is 1.87. The van der Waals surface area contributed by atoms with Crippen molar-refractivity contribution in [3.8, 4) is 17.6 Å². The number of nitriles is 1. The van der Waals surface area contributed by atoms with Gasteiger partial charge in [-0.15, -0.1) is 0 Å². The van der Waals surface area contributed by atoms with Crippen LogP contribution >= 0.6 is 0 Å². The summed E-state index contributed by atoms with van der Waals surface area (Å²) in [4.78, 5) is 17.8. The number of benzene rings is 2. The molecule has 1 aliphatic rings. The Hall–Kier alpha value is -3.85. The molecule has 0 unspecified atom stereocenters. The van der Waals surface area contributed by atoms with E-state index in [9.17, 15) is 4.79 Å². The number of fused-ring (bicyclic) bond motifs is 2. The van der Waals surface area contributed by atoms with Gasteiger partial charge >= 0.3 is 5.97 Å². The highest BCUT2D eigenvalue weighted by atomic mass is 16.5. The fraction of sp³-hybridized carbons (Fsp3) is 0.240. The molecule has 0 saturated heterocycles. The molecular formula is C25H22N2O4. The fourth-order valence-corrected chi connectivity index (χ4v) is 4.02. The second kappa shape index (κ2) is 8.88. The third-order valence-corrected chi connectivity index (χ3v) is 5.39. The summed E-state index contributed by atoms with van der Waals surface area (Å²) in [5.74, 6) is 0.837. The van der Waals surface area contributed by atoms with Crippen molar-refractivity contribution in [1.82, 2.24) is 4.98 Å². The molecule has 0 bridgehead atoms. The molecule has 1 aliphatic carbocycles. The van der Waals surface area contributed by atoms with Gasteiger partial charge in [0.05, 0.1) is 31.0 Å². The highest BCUT2D eigenvalue weighted by Crippen LogP contribution is 2.37. The van der Waals surface area contributed by atoms with Crippen LogP contribution in [0.4, 0.5) is 0 Å². The molecule has 31 heavy (non-hydrogen) atoms. The lowest BCUT2D eigenvalue weighted by atomic mass is 9.86. The van der Waals surface area contributed by atoms with E-state index in [0.717, 1.165) is 52.6 Å². The van der Waals surface area contributed by atoms with E-state index in [1.54, 1.807) is 14.2 Å². The minimum atomic E-state index is -0.483. The number of carbonyl (C=O) groups is 1. The first kappa shape index (κ1) is 20.4. The monoisotopic (exact) mass is 414 g/mol. The number of esters is 1. The molecule has 1 aromatic heterocycles. The zero-order valence-electron chi connectivity index (χ0n) is 17.5. The standard InChI is InChI=1S/C25H22N2O4/c1-29-21-11-10-16(15-22(21)30-2)14-17-6-5-8-19-23(25(28)31-13-12-26)18-7-3-4-9-20(18)27-24(17)19/h3-4,7,9-11,14-15H,5-6,8,13H2,1-2H3/b17-14+. The number of methoxy groups -OCH3 is 2. The number of hydrogen-bond acceptors (Lipinski definition) is 6. The molecule has 0 amide bonds. The van der Waals surface area contributed by atoms with Crippen LogP contribution in [0, 0.1) is 11.3 Å². The number of allylic oxidation sites excluding steroid dienone is 1.